The van der Waals surface area contributed by atoms with E-state index in [9.17, 15) is 10.2 Å². The van der Waals surface area contributed by atoms with E-state index in [1.165, 1.54) is 0 Å². The Balaban J connectivity index is 1.50. The average Bonchev–Trinajstić information content (AvgIpc) is 3.08. The molecule has 6 aromatic carbocycles. The summed E-state index contributed by atoms with van der Waals surface area (Å²) in [5.74, 6) is 0.418. The molecule has 4 heteroatoms. The van der Waals surface area contributed by atoms with E-state index in [1.807, 2.05) is 130 Å². The third kappa shape index (κ3) is 5.24. The summed E-state index contributed by atoms with van der Waals surface area (Å²) in [5.41, 5.74) is 11.3. The number of aromatic nitrogens is 1. The SMILES string of the molecule is Cc1ccc2c(N(C)C)ccc(-c3cc(-c4cccc(-c5ccccc5)c4O)cc(-c4cccc(-c5ccccc5)c4O)c3)c2n1. The maximum atomic E-state index is 11.7. The molecule has 0 aliphatic heterocycles. The number of para-hydroxylation sites is 2. The average molecular weight is 599 g/mol. The number of pyridine rings is 1. The zero-order chi connectivity index (χ0) is 31.8. The molecule has 0 amide bonds. The fourth-order valence-electron chi connectivity index (χ4n) is 6.27. The first kappa shape index (κ1) is 28.9. The standard InChI is InChI=1S/C42H34N2O2/c1-27-20-21-38-39(44(2)3)23-22-33(40(38)43-27)30-24-31(36-18-10-16-34(41(36)45)28-12-6-4-7-13-28)26-32(25-30)37-19-11-17-35(42(37)46)29-14-8-5-9-15-29/h4-26,45-46H,1-3H3. The van der Waals surface area contributed by atoms with Crippen LogP contribution in [0.4, 0.5) is 5.69 Å². The second-order valence-electron chi connectivity index (χ2n) is 11.8. The normalized spacial score (nSPS) is 11.1. The van der Waals surface area contributed by atoms with Gasteiger partial charge in [-0.25, -0.2) is 0 Å². The number of hydrogen-bond acceptors (Lipinski definition) is 4. The van der Waals surface area contributed by atoms with Gasteiger partial charge in [0.25, 0.3) is 0 Å². The fraction of sp³-hybridized carbons (Fsp3) is 0.0714. The summed E-state index contributed by atoms with van der Waals surface area (Å²) < 4.78 is 0. The van der Waals surface area contributed by atoms with Crippen molar-refractivity contribution in [1.29, 1.82) is 0 Å². The molecule has 7 rings (SSSR count). The summed E-state index contributed by atoms with van der Waals surface area (Å²) >= 11 is 0. The maximum Gasteiger partial charge on any atom is 0.131 e. The molecule has 0 fully saturated rings. The molecule has 1 heterocycles. The zero-order valence-electron chi connectivity index (χ0n) is 26.1. The molecule has 224 valence electrons. The largest absolute Gasteiger partial charge is 0.507 e. The Hall–Kier alpha value is -5.87. The summed E-state index contributed by atoms with van der Waals surface area (Å²) in [5, 5.41) is 24.5. The van der Waals surface area contributed by atoms with E-state index in [2.05, 4.69) is 35.2 Å². The maximum absolute atomic E-state index is 11.7. The quantitative estimate of drug-likeness (QED) is 0.200. The molecule has 0 atom stereocenters. The van der Waals surface area contributed by atoms with E-state index in [0.29, 0.717) is 11.1 Å². The number of nitrogens with zero attached hydrogens (tertiary/aromatic N) is 2. The minimum Gasteiger partial charge on any atom is -0.507 e. The van der Waals surface area contributed by atoms with E-state index in [1.54, 1.807) is 0 Å². The number of phenolic OH excluding ortho intramolecular Hbond substituents is 2. The highest BCUT2D eigenvalue weighted by Gasteiger charge is 2.18. The highest BCUT2D eigenvalue weighted by atomic mass is 16.3. The van der Waals surface area contributed by atoms with Crippen LogP contribution < -0.4 is 4.90 Å². The number of aromatic hydroxyl groups is 2. The number of hydrogen-bond donors (Lipinski definition) is 2. The van der Waals surface area contributed by atoms with Gasteiger partial charge in [-0.15, -0.1) is 0 Å². The first-order valence-corrected chi connectivity index (χ1v) is 15.4. The monoisotopic (exact) mass is 598 g/mol. The Labute approximate surface area is 269 Å². The Morgan fingerprint density at radius 2 is 0.913 bits per heavy atom. The molecular formula is C42H34N2O2. The van der Waals surface area contributed by atoms with Gasteiger partial charge in [0.2, 0.25) is 0 Å². The van der Waals surface area contributed by atoms with Crippen LogP contribution in [0.15, 0.2) is 140 Å². The van der Waals surface area contributed by atoms with Gasteiger partial charge in [-0.3, -0.25) is 4.98 Å². The Kier molecular flexibility index (Phi) is 7.47. The lowest BCUT2D eigenvalue weighted by Gasteiger charge is -2.19. The van der Waals surface area contributed by atoms with Crippen molar-refractivity contribution in [3.63, 3.8) is 0 Å². The van der Waals surface area contributed by atoms with Crippen LogP contribution in [0.25, 0.3) is 66.5 Å². The van der Waals surface area contributed by atoms with Gasteiger partial charge < -0.3 is 15.1 Å². The van der Waals surface area contributed by atoms with Crippen molar-refractivity contribution in [3.8, 4) is 67.1 Å². The second-order valence-corrected chi connectivity index (χ2v) is 11.8. The van der Waals surface area contributed by atoms with Gasteiger partial charge in [0.05, 0.1) is 5.52 Å². The van der Waals surface area contributed by atoms with Crippen LogP contribution in [0.2, 0.25) is 0 Å². The predicted octanol–water partition coefficient (Wildman–Crippen LogP) is 10.4. The lowest BCUT2D eigenvalue weighted by molar-refractivity contribution is 0.479. The highest BCUT2D eigenvalue weighted by Crippen LogP contribution is 2.45. The van der Waals surface area contributed by atoms with Crippen molar-refractivity contribution in [1.82, 2.24) is 4.98 Å². The molecule has 2 N–H and O–H groups in total. The van der Waals surface area contributed by atoms with Crippen LogP contribution >= 0.6 is 0 Å². The number of aryl methyl sites for hydroxylation is 1. The minimum absolute atomic E-state index is 0.209. The number of phenols is 2. The van der Waals surface area contributed by atoms with Crippen molar-refractivity contribution < 1.29 is 10.2 Å². The van der Waals surface area contributed by atoms with Gasteiger partial charge in [-0.1, -0.05) is 103 Å². The zero-order valence-corrected chi connectivity index (χ0v) is 26.1. The lowest BCUT2D eigenvalue weighted by Crippen LogP contribution is -2.09. The summed E-state index contributed by atoms with van der Waals surface area (Å²) in [7, 11) is 4.08. The molecule has 0 bridgehead atoms. The first-order valence-electron chi connectivity index (χ1n) is 15.4. The molecule has 0 radical (unpaired) electrons. The van der Waals surface area contributed by atoms with Crippen LogP contribution in [0, 0.1) is 6.92 Å². The molecule has 0 spiro atoms. The predicted molar refractivity (Wildman–Crippen MR) is 191 cm³/mol. The van der Waals surface area contributed by atoms with Gasteiger partial charge in [0.1, 0.15) is 11.5 Å². The van der Waals surface area contributed by atoms with Crippen LogP contribution in [-0.2, 0) is 0 Å². The molecule has 0 saturated heterocycles. The van der Waals surface area contributed by atoms with Gasteiger partial charge in [-0.2, -0.15) is 0 Å². The molecule has 7 aromatic rings. The first-order chi connectivity index (χ1) is 22.4. The lowest BCUT2D eigenvalue weighted by atomic mass is 9.89. The van der Waals surface area contributed by atoms with Crippen molar-refractivity contribution in [2.24, 2.45) is 0 Å². The van der Waals surface area contributed by atoms with Gasteiger partial charge >= 0.3 is 0 Å². The third-order valence-corrected chi connectivity index (χ3v) is 8.56. The summed E-state index contributed by atoms with van der Waals surface area (Å²) in [6, 6.07) is 46.2. The molecule has 0 saturated carbocycles. The van der Waals surface area contributed by atoms with Crippen molar-refractivity contribution in [2.45, 2.75) is 6.92 Å². The van der Waals surface area contributed by atoms with Crippen LogP contribution in [0.5, 0.6) is 11.5 Å². The Morgan fingerprint density at radius 1 is 0.457 bits per heavy atom. The summed E-state index contributed by atoms with van der Waals surface area (Å²) in [6.07, 6.45) is 0. The molecular weight excluding hydrogens is 564 g/mol. The molecule has 4 nitrogen and oxygen atoms in total. The van der Waals surface area contributed by atoms with Crippen molar-refractivity contribution in [3.05, 3.63) is 145 Å². The van der Waals surface area contributed by atoms with Crippen LogP contribution in [0.1, 0.15) is 5.69 Å². The minimum atomic E-state index is 0.209. The van der Waals surface area contributed by atoms with E-state index in [0.717, 1.165) is 66.8 Å². The van der Waals surface area contributed by atoms with Crippen molar-refractivity contribution in [2.75, 3.05) is 19.0 Å². The van der Waals surface area contributed by atoms with E-state index in [-0.39, 0.29) is 11.5 Å². The molecule has 46 heavy (non-hydrogen) atoms. The third-order valence-electron chi connectivity index (χ3n) is 8.56. The molecule has 0 aliphatic rings. The van der Waals surface area contributed by atoms with Crippen LogP contribution in [0.3, 0.4) is 0 Å². The number of anilines is 1. The topological polar surface area (TPSA) is 56.6 Å². The summed E-state index contributed by atoms with van der Waals surface area (Å²) in [4.78, 5) is 7.12. The molecule has 0 unspecified atom stereocenters. The van der Waals surface area contributed by atoms with E-state index >= 15 is 0 Å². The van der Waals surface area contributed by atoms with E-state index in [4.69, 9.17) is 4.98 Å². The number of rotatable bonds is 6. The molecule has 0 aliphatic carbocycles. The number of benzene rings is 6. The van der Waals surface area contributed by atoms with Gasteiger partial charge in [0, 0.05) is 58.7 Å². The van der Waals surface area contributed by atoms with Crippen molar-refractivity contribution >= 4 is 16.6 Å². The van der Waals surface area contributed by atoms with Gasteiger partial charge in [0.15, 0.2) is 0 Å². The van der Waals surface area contributed by atoms with E-state index < -0.39 is 0 Å². The fourth-order valence-corrected chi connectivity index (χ4v) is 6.27. The molecule has 1 aromatic heterocycles. The Morgan fingerprint density at radius 3 is 1.39 bits per heavy atom. The van der Waals surface area contributed by atoms with Crippen LogP contribution in [-0.4, -0.2) is 29.3 Å². The van der Waals surface area contributed by atoms with Gasteiger partial charge in [-0.05, 0) is 71.1 Å². The smallest absolute Gasteiger partial charge is 0.131 e. The summed E-state index contributed by atoms with van der Waals surface area (Å²) in [6.45, 7) is 2.01. The number of fused-ring (bicyclic) bond motifs is 1. The highest BCUT2D eigenvalue weighted by molar-refractivity contribution is 6.02. The Bertz CT molecular complexity index is 2100. The second kappa shape index (κ2) is 11.9.